The Morgan fingerprint density at radius 3 is 3.00 bits per heavy atom. The van der Waals surface area contributed by atoms with E-state index in [-0.39, 0.29) is 5.69 Å². The first-order valence-electron chi connectivity index (χ1n) is 5.86. The molecule has 7 nitrogen and oxygen atoms in total. The third kappa shape index (κ3) is 2.80. The second-order valence-electron chi connectivity index (χ2n) is 4.58. The maximum atomic E-state index is 11.1. The zero-order valence-corrected chi connectivity index (χ0v) is 10.2. The lowest BCUT2D eigenvalue weighted by atomic mass is 10.1. The molecule has 100 valence electrons. The van der Waals surface area contributed by atoms with Crippen molar-refractivity contribution in [3.8, 4) is 0 Å². The van der Waals surface area contributed by atoms with Gasteiger partial charge >= 0.3 is 11.7 Å². The average molecular weight is 255 g/mol. The van der Waals surface area contributed by atoms with Crippen molar-refractivity contribution in [2.75, 3.05) is 26.8 Å². The highest BCUT2D eigenvalue weighted by molar-refractivity contribution is 5.86. The maximum Gasteiger partial charge on any atom is 0.354 e. The van der Waals surface area contributed by atoms with Crippen LogP contribution in [-0.2, 0) is 11.3 Å². The summed E-state index contributed by atoms with van der Waals surface area (Å²) < 4.78 is 5.11. The van der Waals surface area contributed by atoms with E-state index in [1.807, 2.05) is 0 Å². The predicted octanol–water partition coefficient (Wildman–Crippen LogP) is -0.130. The van der Waals surface area contributed by atoms with Gasteiger partial charge in [0.25, 0.3) is 0 Å². The minimum Gasteiger partial charge on any atom is -0.477 e. The highest BCUT2D eigenvalue weighted by Gasteiger charge is 2.24. The number of carboxylic acids is 1. The molecule has 0 bridgehead atoms. The summed E-state index contributed by atoms with van der Waals surface area (Å²) in [5.41, 5.74) is -0.0872. The van der Waals surface area contributed by atoms with Gasteiger partial charge in [-0.05, 0) is 18.9 Å². The zero-order chi connectivity index (χ0) is 13.1. The van der Waals surface area contributed by atoms with Gasteiger partial charge in [-0.25, -0.2) is 9.59 Å². The summed E-state index contributed by atoms with van der Waals surface area (Å²) in [5, 5.41) is 8.96. The number of H-pyrrole nitrogens is 2. The van der Waals surface area contributed by atoms with Gasteiger partial charge in [-0.15, -0.1) is 0 Å². The van der Waals surface area contributed by atoms with E-state index in [1.54, 1.807) is 7.11 Å². The predicted molar refractivity (Wildman–Crippen MR) is 63.6 cm³/mol. The largest absolute Gasteiger partial charge is 0.477 e. The number of nitrogens with zero attached hydrogens (tertiary/aromatic N) is 1. The van der Waals surface area contributed by atoms with E-state index in [2.05, 4.69) is 14.9 Å². The van der Waals surface area contributed by atoms with Crippen LogP contribution in [0.3, 0.4) is 0 Å². The van der Waals surface area contributed by atoms with Crippen LogP contribution in [0, 0.1) is 5.92 Å². The number of aromatic amines is 2. The smallest absolute Gasteiger partial charge is 0.354 e. The Morgan fingerprint density at radius 1 is 1.56 bits per heavy atom. The third-order valence-electron chi connectivity index (χ3n) is 3.17. The van der Waals surface area contributed by atoms with Crippen molar-refractivity contribution in [3.63, 3.8) is 0 Å². The molecular weight excluding hydrogens is 238 g/mol. The molecule has 0 spiro atoms. The number of carbonyl (C=O) groups is 1. The Hall–Kier alpha value is -1.60. The molecule has 2 heterocycles. The lowest BCUT2D eigenvalue weighted by Gasteiger charge is -2.15. The first kappa shape index (κ1) is 12.8. The molecule has 18 heavy (non-hydrogen) atoms. The quantitative estimate of drug-likeness (QED) is 0.680. The van der Waals surface area contributed by atoms with Crippen LogP contribution in [0.2, 0.25) is 0 Å². The second-order valence-corrected chi connectivity index (χ2v) is 4.58. The Kier molecular flexibility index (Phi) is 3.83. The van der Waals surface area contributed by atoms with Crippen LogP contribution >= 0.6 is 0 Å². The van der Waals surface area contributed by atoms with Gasteiger partial charge in [-0.2, -0.15) is 0 Å². The van der Waals surface area contributed by atoms with Gasteiger partial charge in [-0.1, -0.05) is 0 Å². The molecule has 0 saturated carbocycles. The Balaban J connectivity index is 2.02. The Morgan fingerprint density at radius 2 is 2.33 bits per heavy atom. The number of likely N-dealkylation sites (tertiary alicyclic amines) is 1. The van der Waals surface area contributed by atoms with E-state index in [4.69, 9.17) is 9.84 Å². The van der Waals surface area contributed by atoms with Crippen molar-refractivity contribution in [1.29, 1.82) is 0 Å². The van der Waals surface area contributed by atoms with Crippen LogP contribution in [0.4, 0.5) is 0 Å². The fourth-order valence-corrected chi connectivity index (χ4v) is 2.37. The molecule has 0 radical (unpaired) electrons. The van der Waals surface area contributed by atoms with Crippen molar-refractivity contribution >= 4 is 5.97 Å². The number of rotatable bonds is 5. The van der Waals surface area contributed by atoms with Gasteiger partial charge in [0.2, 0.25) is 0 Å². The number of aromatic nitrogens is 2. The third-order valence-corrected chi connectivity index (χ3v) is 3.17. The Bertz CT molecular complexity index is 479. The van der Waals surface area contributed by atoms with Gasteiger partial charge in [-0.3, -0.25) is 9.88 Å². The van der Waals surface area contributed by atoms with Crippen molar-refractivity contribution in [2.24, 2.45) is 5.92 Å². The van der Waals surface area contributed by atoms with E-state index in [0.29, 0.717) is 24.8 Å². The summed E-state index contributed by atoms with van der Waals surface area (Å²) in [6.45, 7) is 2.91. The van der Waals surface area contributed by atoms with Gasteiger partial charge < -0.3 is 14.8 Å². The molecule has 7 heteroatoms. The van der Waals surface area contributed by atoms with Crippen LogP contribution in [0.25, 0.3) is 0 Å². The standard InChI is InChI=1S/C11H17N3O4/c1-18-6-7-2-3-14(4-7)5-8-9(10(15)16)13-11(17)12-8/h7H,2-6H2,1H3,(H,15,16)(H2,12,13,17)/t7-/m1/s1. The first-order valence-corrected chi connectivity index (χ1v) is 5.86. The molecule has 2 rings (SSSR count). The summed E-state index contributed by atoms with van der Waals surface area (Å²) in [5.74, 6) is -0.634. The molecular formula is C11H17N3O4. The molecule has 1 aliphatic rings. The highest BCUT2D eigenvalue weighted by Crippen LogP contribution is 2.18. The summed E-state index contributed by atoms with van der Waals surface area (Å²) in [4.78, 5) is 29.0. The Labute approximate surface area is 104 Å². The average Bonchev–Trinajstić information content (AvgIpc) is 2.87. The molecule has 1 aliphatic heterocycles. The van der Waals surface area contributed by atoms with Crippen molar-refractivity contribution in [1.82, 2.24) is 14.9 Å². The van der Waals surface area contributed by atoms with Gasteiger partial charge in [0.15, 0.2) is 0 Å². The van der Waals surface area contributed by atoms with Crippen molar-refractivity contribution in [3.05, 3.63) is 21.9 Å². The SMILES string of the molecule is COC[C@@H]1CCN(Cc2[nH]c(=O)[nH]c2C(=O)O)C1. The van der Waals surface area contributed by atoms with Crippen molar-refractivity contribution in [2.45, 2.75) is 13.0 Å². The fraction of sp³-hybridized carbons (Fsp3) is 0.636. The van der Waals surface area contributed by atoms with E-state index in [0.717, 1.165) is 19.5 Å². The first-order chi connectivity index (χ1) is 8.60. The molecule has 0 aliphatic carbocycles. The molecule has 1 aromatic rings. The van der Waals surface area contributed by atoms with Crippen molar-refractivity contribution < 1.29 is 14.6 Å². The van der Waals surface area contributed by atoms with Crippen LogP contribution in [0.15, 0.2) is 4.79 Å². The number of hydrogen-bond donors (Lipinski definition) is 3. The van der Waals surface area contributed by atoms with E-state index in [1.165, 1.54) is 0 Å². The second kappa shape index (κ2) is 5.36. The lowest BCUT2D eigenvalue weighted by Crippen LogP contribution is -2.22. The van der Waals surface area contributed by atoms with E-state index >= 15 is 0 Å². The number of aromatic carboxylic acids is 1. The minimum atomic E-state index is -1.11. The number of carboxylic acid groups (broad SMARTS) is 1. The molecule has 1 atom stereocenters. The number of ether oxygens (including phenoxy) is 1. The summed E-state index contributed by atoms with van der Waals surface area (Å²) in [6, 6.07) is 0. The number of imidazole rings is 1. The maximum absolute atomic E-state index is 11.1. The van der Waals surface area contributed by atoms with Crippen LogP contribution in [0.5, 0.6) is 0 Å². The monoisotopic (exact) mass is 255 g/mol. The topological polar surface area (TPSA) is 98.4 Å². The number of hydrogen-bond acceptors (Lipinski definition) is 4. The molecule has 0 aromatic carbocycles. The molecule has 0 unspecified atom stereocenters. The summed E-state index contributed by atoms with van der Waals surface area (Å²) >= 11 is 0. The highest BCUT2D eigenvalue weighted by atomic mass is 16.5. The normalized spacial score (nSPS) is 20.4. The lowest BCUT2D eigenvalue weighted by molar-refractivity contribution is 0.0688. The summed E-state index contributed by atoms with van der Waals surface area (Å²) in [6.07, 6.45) is 1.03. The van der Waals surface area contributed by atoms with Crippen LogP contribution in [0.1, 0.15) is 22.6 Å². The fourth-order valence-electron chi connectivity index (χ4n) is 2.37. The molecule has 3 N–H and O–H groups in total. The molecule has 1 aromatic heterocycles. The van der Waals surface area contributed by atoms with Crippen LogP contribution < -0.4 is 5.69 Å². The molecule has 1 saturated heterocycles. The van der Waals surface area contributed by atoms with E-state index < -0.39 is 11.7 Å². The van der Waals surface area contributed by atoms with Gasteiger partial charge in [0, 0.05) is 20.2 Å². The number of nitrogens with one attached hydrogen (secondary N) is 2. The van der Waals surface area contributed by atoms with E-state index in [9.17, 15) is 9.59 Å². The zero-order valence-electron chi connectivity index (χ0n) is 10.2. The minimum absolute atomic E-state index is 0.0461. The molecule has 1 fully saturated rings. The summed E-state index contributed by atoms with van der Waals surface area (Å²) in [7, 11) is 1.68. The van der Waals surface area contributed by atoms with Crippen LogP contribution in [-0.4, -0.2) is 52.7 Å². The van der Waals surface area contributed by atoms with Gasteiger partial charge in [0.05, 0.1) is 12.3 Å². The number of methoxy groups -OCH3 is 1. The molecule has 0 amide bonds. The van der Waals surface area contributed by atoms with Gasteiger partial charge in [0.1, 0.15) is 5.69 Å².